The number of carbonyl (C=O) groups excluding carboxylic acids is 2. The zero-order valence-electron chi connectivity index (χ0n) is 13.1. The largest absolute Gasteiger partial charge is 0.342 e. The Hall–Kier alpha value is -1.84. The van der Waals surface area contributed by atoms with E-state index in [1.165, 1.54) is 5.56 Å². The maximum absolute atomic E-state index is 12.3. The lowest BCUT2D eigenvalue weighted by Gasteiger charge is -2.32. The Morgan fingerprint density at radius 3 is 2.14 bits per heavy atom. The minimum absolute atomic E-state index is 0.133. The number of benzene rings is 1. The minimum atomic E-state index is 0.133. The molecule has 1 fully saturated rings. The summed E-state index contributed by atoms with van der Waals surface area (Å²) < 4.78 is 0. The third-order valence-corrected chi connectivity index (χ3v) is 3.99. The van der Waals surface area contributed by atoms with Crippen LogP contribution in [0.3, 0.4) is 0 Å². The van der Waals surface area contributed by atoms with Gasteiger partial charge >= 0.3 is 0 Å². The molecule has 0 unspecified atom stereocenters. The van der Waals surface area contributed by atoms with E-state index in [9.17, 15) is 9.59 Å². The SMILES string of the molecule is CC(C)(C)c1ccc(CC(=O)N2CCN(C=O)CC2)cc1. The standard InChI is InChI=1S/C17H24N2O2/c1-17(2,3)15-6-4-14(5-7-15)12-16(21)19-10-8-18(13-20)9-11-19/h4-7,13H,8-12H2,1-3H3. The third-order valence-electron chi connectivity index (χ3n) is 3.99. The summed E-state index contributed by atoms with van der Waals surface area (Å²) in [6.45, 7) is 9.09. The Morgan fingerprint density at radius 1 is 1.10 bits per heavy atom. The molecule has 1 aromatic carbocycles. The second-order valence-corrected chi connectivity index (χ2v) is 6.65. The molecule has 0 radical (unpaired) electrons. The number of nitrogens with zero attached hydrogens (tertiary/aromatic N) is 2. The first-order chi connectivity index (χ1) is 9.90. The van der Waals surface area contributed by atoms with Gasteiger partial charge in [-0.3, -0.25) is 9.59 Å². The number of carbonyl (C=O) groups is 2. The number of rotatable bonds is 3. The smallest absolute Gasteiger partial charge is 0.227 e. The average Bonchev–Trinajstić information content (AvgIpc) is 2.47. The van der Waals surface area contributed by atoms with Crippen LogP contribution in [0.25, 0.3) is 0 Å². The highest BCUT2D eigenvalue weighted by Crippen LogP contribution is 2.22. The van der Waals surface area contributed by atoms with Crippen LogP contribution >= 0.6 is 0 Å². The molecule has 21 heavy (non-hydrogen) atoms. The summed E-state index contributed by atoms with van der Waals surface area (Å²) in [4.78, 5) is 26.5. The van der Waals surface area contributed by atoms with Gasteiger partial charge in [-0.1, -0.05) is 45.0 Å². The number of hydrogen-bond acceptors (Lipinski definition) is 2. The van der Waals surface area contributed by atoms with Crippen LogP contribution in [-0.4, -0.2) is 48.3 Å². The van der Waals surface area contributed by atoms with E-state index in [1.807, 2.05) is 17.0 Å². The number of hydrogen-bond donors (Lipinski definition) is 0. The summed E-state index contributed by atoms with van der Waals surface area (Å²) in [5.74, 6) is 0.143. The van der Waals surface area contributed by atoms with Crippen LogP contribution in [0.5, 0.6) is 0 Å². The first-order valence-corrected chi connectivity index (χ1v) is 7.47. The van der Waals surface area contributed by atoms with Gasteiger partial charge in [-0.05, 0) is 16.5 Å². The van der Waals surface area contributed by atoms with Gasteiger partial charge in [0.1, 0.15) is 0 Å². The molecular formula is C17H24N2O2. The van der Waals surface area contributed by atoms with Crippen molar-refractivity contribution in [1.82, 2.24) is 9.80 Å². The van der Waals surface area contributed by atoms with Crippen molar-refractivity contribution in [2.75, 3.05) is 26.2 Å². The van der Waals surface area contributed by atoms with Gasteiger partial charge in [-0.25, -0.2) is 0 Å². The molecule has 0 N–H and O–H groups in total. The normalized spacial score (nSPS) is 16.0. The maximum Gasteiger partial charge on any atom is 0.227 e. The van der Waals surface area contributed by atoms with Crippen molar-refractivity contribution in [1.29, 1.82) is 0 Å². The van der Waals surface area contributed by atoms with Crippen LogP contribution in [0.1, 0.15) is 31.9 Å². The summed E-state index contributed by atoms with van der Waals surface area (Å²) in [6.07, 6.45) is 1.29. The van der Waals surface area contributed by atoms with Gasteiger partial charge in [-0.2, -0.15) is 0 Å². The molecule has 0 bridgehead atoms. The van der Waals surface area contributed by atoms with Gasteiger partial charge in [-0.15, -0.1) is 0 Å². The topological polar surface area (TPSA) is 40.6 Å². The molecule has 4 nitrogen and oxygen atoms in total. The van der Waals surface area contributed by atoms with Crippen molar-refractivity contribution in [2.24, 2.45) is 0 Å². The van der Waals surface area contributed by atoms with Crippen molar-refractivity contribution in [3.63, 3.8) is 0 Å². The van der Waals surface area contributed by atoms with E-state index in [-0.39, 0.29) is 11.3 Å². The van der Waals surface area contributed by atoms with E-state index < -0.39 is 0 Å². The van der Waals surface area contributed by atoms with Gasteiger partial charge < -0.3 is 9.80 Å². The van der Waals surface area contributed by atoms with Crippen molar-refractivity contribution < 1.29 is 9.59 Å². The van der Waals surface area contributed by atoms with E-state index in [0.29, 0.717) is 32.6 Å². The van der Waals surface area contributed by atoms with Crippen LogP contribution in [0.15, 0.2) is 24.3 Å². The maximum atomic E-state index is 12.3. The van der Waals surface area contributed by atoms with Crippen molar-refractivity contribution >= 4 is 12.3 Å². The molecule has 0 aliphatic carbocycles. The van der Waals surface area contributed by atoms with Crippen LogP contribution in [-0.2, 0) is 21.4 Å². The molecule has 0 spiro atoms. The fraction of sp³-hybridized carbons (Fsp3) is 0.529. The molecule has 1 aromatic rings. The Balaban J connectivity index is 1.92. The van der Waals surface area contributed by atoms with E-state index >= 15 is 0 Å². The second kappa shape index (κ2) is 6.29. The summed E-state index contributed by atoms with van der Waals surface area (Å²) in [5, 5.41) is 0. The summed E-state index contributed by atoms with van der Waals surface area (Å²) in [5.41, 5.74) is 2.46. The molecule has 1 aliphatic heterocycles. The van der Waals surface area contributed by atoms with Gasteiger partial charge in [0.15, 0.2) is 0 Å². The van der Waals surface area contributed by atoms with E-state index in [2.05, 4.69) is 32.9 Å². The molecule has 114 valence electrons. The zero-order valence-corrected chi connectivity index (χ0v) is 13.1. The molecule has 2 rings (SSSR count). The lowest BCUT2D eigenvalue weighted by Crippen LogP contribution is -2.48. The molecule has 0 aromatic heterocycles. The first kappa shape index (κ1) is 15.5. The van der Waals surface area contributed by atoms with Crippen LogP contribution in [0.4, 0.5) is 0 Å². The van der Waals surface area contributed by atoms with E-state index in [0.717, 1.165) is 12.0 Å². The second-order valence-electron chi connectivity index (χ2n) is 6.65. The highest BCUT2D eigenvalue weighted by Gasteiger charge is 2.20. The highest BCUT2D eigenvalue weighted by molar-refractivity contribution is 5.79. The zero-order chi connectivity index (χ0) is 15.5. The Kier molecular flexibility index (Phi) is 4.66. The summed E-state index contributed by atoms with van der Waals surface area (Å²) in [7, 11) is 0. The fourth-order valence-corrected chi connectivity index (χ4v) is 2.49. The quantitative estimate of drug-likeness (QED) is 0.796. The summed E-state index contributed by atoms with van der Waals surface area (Å²) >= 11 is 0. The minimum Gasteiger partial charge on any atom is -0.342 e. The van der Waals surface area contributed by atoms with Crippen LogP contribution in [0, 0.1) is 0 Å². The third kappa shape index (κ3) is 4.06. The molecular weight excluding hydrogens is 264 g/mol. The molecule has 0 atom stereocenters. The molecule has 1 saturated heterocycles. The van der Waals surface area contributed by atoms with Crippen LogP contribution < -0.4 is 0 Å². The van der Waals surface area contributed by atoms with Crippen molar-refractivity contribution in [2.45, 2.75) is 32.6 Å². The monoisotopic (exact) mass is 288 g/mol. The highest BCUT2D eigenvalue weighted by atomic mass is 16.2. The van der Waals surface area contributed by atoms with E-state index in [1.54, 1.807) is 4.90 Å². The van der Waals surface area contributed by atoms with Gasteiger partial charge in [0.25, 0.3) is 0 Å². The number of piperazine rings is 1. The van der Waals surface area contributed by atoms with Gasteiger partial charge in [0.05, 0.1) is 6.42 Å². The predicted molar refractivity (Wildman–Crippen MR) is 83.1 cm³/mol. The molecule has 2 amide bonds. The first-order valence-electron chi connectivity index (χ1n) is 7.47. The molecule has 1 aliphatic rings. The van der Waals surface area contributed by atoms with Crippen LogP contribution in [0.2, 0.25) is 0 Å². The van der Waals surface area contributed by atoms with Gasteiger partial charge in [0.2, 0.25) is 12.3 Å². The molecule has 4 heteroatoms. The Labute approximate surface area is 126 Å². The Morgan fingerprint density at radius 2 is 1.67 bits per heavy atom. The summed E-state index contributed by atoms with van der Waals surface area (Å²) in [6, 6.07) is 8.29. The van der Waals surface area contributed by atoms with Crippen molar-refractivity contribution in [3.8, 4) is 0 Å². The molecule has 1 heterocycles. The van der Waals surface area contributed by atoms with E-state index in [4.69, 9.17) is 0 Å². The fourth-order valence-electron chi connectivity index (χ4n) is 2.49. The lowest BCUT2D eigenvalue weighted by atomic mass is 9.86. The number of amides is 2. The lowest BCUT2D eigenvalue weighted by molar-refractivity contribution is -0.134. The molecule has 0 saturated carbocycles. The van der Waals surface area contributed by atoms with Gasteiger partial charge in [0, 0.05) is 26.2 Å². The predicted octanol–water partition coefficient (Wildman–Crippen LogP) is 1.83. The average molecular weight is 288 g/mol. The van der Waals surface area contributed by atoms with Crippen molar-refractivity contribution in [3.05, 3.63) is 35.4 Å². The Bertz CT molecular complexity index is 495.